The number of nitrogens with zero attached hydrogens (tertiary/aromatic N) is 3. The number of halogens is 2. The summed E-state index contributed by atoms with van der Waals surface area (Å²) in [6.45, 7) is 0.482. The average Bonchev–Trinajstić information content (AvgIpc) is 3.37. The zero-order valence-electron chi connectivity index (χ0n) is 21.6. The van der Waals surface area contributed by atoms with E-state index in [1.54, 1.807) is 22.8 Å². The number of fused-ring (bicyclic) bond motifs is 1. The van der Waals surface area contributed by atoms with Crippen molar-refractivity contribution in [3.63, 3.8) is 0 Å². The lowest BCUT2D eigenvalue weighted by Crippen LogP contribution is -2.13. The summed E-state index contributed by atoms with van der Waals surface area (Å²) < 4.78 is 8.48. The second-order valence-corrected chi connectivity index (χ2v) is 10.4. The summed E-state index contributed by atoms with van der Waals surface area (Å²) in [5, 5.41) is 11.5. The molecule has 6 rings (SSSR count). The van der Waals surface area contributed by atoms with E-state index in [-0.39, 0.29) is 13.3 Å². The van der Waals surface area contributed by atoms with Gasteiger partial charge in [0.15, 0.2) is 5.65 Å². The molecule has 0 aliphatic heterocycles. The minimum atomic E-state index is -0.261. The summed E-state index contributed by atoms with van der Waals surface area (Å²) >= 11 is 10.0. The molecule has 0 aliphatic rings. The fourth-order valence-electron chi connectivity index (χ4n) is 4.38. The fraction of sp³-hybridized carbons (Fsp3) is 0.0606. The van der Waals surface area contributed by atoms with E-state index in [0.29, 0.717) is 40.0 Å². The smallest absolute Gasteiger partial charge is 0.259 e. The van der Waals surface area contributed by atoms with Crippen LogP contribution in [0.3, 0.4) is 0 Å². The molecule has 0 aliphatic carbocycles. The molecule has 0 saturated carbocycles. The summed E-state index contributed by atoms with van der Waals surface area (Å²) in [6.07, 6.45) is 1.71. The highest BCUT2D eigenvalue weighted by Gasteiger charge is 2.15. The largest absolute Gasteiger partial charge is 0.457 e. The van der Waals surface area contributed by atoms with Crippen molar-refractivity contribution in [2.24, 2.45) is 0 Å². The number of nitrogens with one attached hydrogen (secondary N) is 2. The van der Waals surface area contributed by atoms with E-state index in [4.69, 9.17) is 21.3 Å². The average molecular weight is 641 g/mol. The highest BCUT2D eigenvalue weighted by Crippen LogP contribution is 2.31. The molecule has 0 radical (unpaired) electrons. The first-order valence-electron chi connectivity index (χ1n) is 12.8. The molecule has 2 aromatic heterocycles. The van der Waals surface area contributed by atoms with Gasteiger partial charge >= 0.3 is 0 Å². The Balaban J connectivity index is 0.00000353. The molecule has 42 heavy (non-hydrogen) atoms. The Morgan fingerprint density at radius 2 is 1.67 bits per heavy atom. The van der Waals surface area contributed by atoms with Crippen molar-refractivity contribution in [3.05, 3.63) is 136 Å². The third kappa shape index (κ3) is 6.30. The Labute approximate surface area is 257 Å². The van der Waals surface area contributed by atoms with Crippen LogP contribution in [0.4, 0.5) is 11.5 Å². The molecule has 0 unspecified atom stereocenters. The van der Waals surface area contributed by atoms with E-state index in [1.807, 2.05) is 97.1 Å². The van der Waals surface area contributed by atoms with Crippen LogP contribution < -0.4 is 15.4 Å². The SMILES string of the molecule is C.O=C(Nc1cccc(CNc2cc(-c3ccccc3Cl)nc3c(Br)cnn23)c1)c1ccccc1Oc1ccccc1. The number of carbonyl (C=O) groups excluding carboxylic acids is 1. The van der Waals surface area contributed by atoms with Crippen molar-refractivity contribution < 1.29 is 9.53 Å². The van der Waals surface area contributed by atoms with E-state index < -0.39 is 0 Å². The molecule has 6 aromatic rings. The molecule has 0 fully saturated rings. The van der Waals surface area contributed by atoms with Crippen LogP contribution in [0.2, 0.25) is 5.02 Å². The maximum absolute atomic E-state index is 13.2. The lowest BCUT2D eigenvalue weighted by molar-refractivity contribution is 0.102. The fourth-order valence-corrected chi connectivity index (χ4v) is 4.96. The molecule has 0 bridgehead atoms. The van der Waals surface area contributed by atoms with E-state index in [2.05, 4.69) is 31.7 Å². The van der Waals surface area contributed by atoms with E-state index in [1.165, 1.54) is 0 Å². The zero-order valence-corrected chi connectivity index (χ0v) is 23.9. The van der Waals surface area contributed by atoms with Crippen molar-refractivity contribution in [2.45, 2.75) is 14.0 Å². The first-order chi connectivity index (χ1) is 20.0. The first-order valence-corrected chi connectivity index (χ1v) is 14.0. The van der Waals surface area contributed by atoms with Crippen molar-refractivity contribution in [2.75, 3.05) is 10.6 Å². The van der Waals surface area contributed by atoms with Crippen molar-refractivity contribution in [1.82, 2.24) is 14.6 Å². The highest BCUT2D eigenvalue weighted by molar-refractivity contribution is 9.10. The van der Waals surface area contributed by atoms with Gasteiger partial charge in [-0.05, 0) is 64.0 Å². The Bertz CT molecular complexity index is 1860. The minimum Gasteiger partial charge on any atom is -0.457 e. The normalized spacial score (nSPS) is 10.6. The van der Waals surface area contributed by atoms with Crippen LogP contribution in [-0.4, -0.2) is 20.5 Å². The summed E-state index contributed by atoms with van der Waals surface area (Å²) in [5.74, 6) is 1.63. The third-order valence-electron chi connectivity index (χ3n) is 6.34. The molecule has 2 N–H and O–H groups in total. The molecule has 1 amide bonds. The molecule has 7 nitrogen and oxygen atoms in total. The van der Waals surface area contributed by atoms with E-state index in [0.717, 1.165) is 27.1 Å². The summed E-state index contributed by atoms with van der Waals surface area (Å²) in [4.78, 5) is 18.0. The summed E-state index contributed by atoms with van der Waals surface area (Å²) in [5.41, 5.74) is 4.30. The van der Waals surface area contributed by atoms with Gasteiger partial charge in [-0.1, -0.05) is 79.7 Å². The van der Waals surface area contributed by atoms with Crippen LogP contribution in [0.1, 0.15) is 23.3 Å². The van der Waals surface area contributed by atoms with Crippen LogP contribution >= 0.6 is 27.5 Å². The van der Waals surface area contributed by atoms with Gasteiger partial charge in [-0.25, -0.2) is 4.98 Å². The van der Waals surface area contributed by atoms with Crippen LogP contribution in [0.25, 0.3) is 16.9 Å². The maximum atomic E-state index is 13.2. The number of rotatable bonds is 8. The third-order valence-corrected chi connectivity index (χ3v) is 7.23. The highest BCUT2D eigenvalue weighted by atomic mass is 79.9. The monoisotopic (exact) mass is 639 g/mol. The van der Waals surface area contributed by atoms with Crippen LogP contribution in [0.5, 0.6) is 11.5 Å². The predicted octanol–water partition coefficient (Wildman–Crippen LogP) is 9.10. The number of hydrogen-bond acceptors (Lipinski definition) is 5. The Morgan fingerprint density at radius 1 is 0.905 bits per heavy atom. The maximum Gasteiger partial charge on any atom is 0.259 e. The Kier molecular flexibility index (Phi) is 8.85. The van der Waals surface area contributed by atoms with Gasteiger partial charge in [-0.15, -0.1) is 0 Å². The number of hydrogen-bond donors (Lipinski definition) is 2. The minimum absolute atomic E-state index is 0. The van der Waals surface area contributed by atoms with Gasteiger partial charge in [0.25, 0.3) is 5.91 Å². The molecule has 4 aromatic carbocycles. The van der Waals surface area contributed by atoms with Crippen LogP contribution in [0, 0.1) is 0 Å². The van der Waals surface area contributed by atoms with Gasteiger partial charge in [0.2, 0.25) is 0 Å². The van der Waals surface area contributed by atoms with Gasteiger partial charge in [0, 0.05) is 28.9 Å². The Hall–Kier alpha value is -4.66. The predicted molar refractivity (Wildman–Crippen MR) is 173 cm³/mol. The summed E-state index contributed by atoms with van der Waals surface area (Å²) in [6, 6.07) is 33.7. The molecular formula is C33H27BrClN5O2. The quantitative estimate of drug-likeness (QED) is 0.173. The number of anilines is 2. The first kappa shape index (κ1) is 28.9. The number of amides is 1. The number of ether oxygens (including phenoxy) is 1. The van der Waals surface area contributed by atoms with Gasteiger partial charge < -0.3 is 15.4 Å². The number of para-hydroxylation sites is 2. The Morgan fingerprint density at radius 3 is 2.50 bits per heavy atom. The topological polar surface area (TPSA) is 80.5 Å². The van der Waals surface area contributed by atoms with Crippen LogP contribution in [0.15, 0.2) is 120 Å². The van der Waals surface area contributed by atoms with Gasteiger partial charge in [0.1, 0.15) is 17.3 Å². The zero-order chi connectivity index (χ0) is 28.2. The van der Waals surface area contributed by atoms with Gasteiger partial charge in [-0.3, -0.25) is 4.79 Å². The molecule has 0 atom stereocenters. The second kappa shape index (κ2) is 12.9. The lowest BCUT2D eigenvalue weighted by Gasteiger charge is -2.13. The number of benzene rings is 4. The van der Waals surface area contributed by atoms with Gasteiger partial charge in [0.05, 0.1) is 21.9 Å². The molecule has 0 saturated heterocycles. The van der Waals surface area contributed by atoms with Crippen molar-refractivity contribution in [3.8, 4) is 22.8 Å². The second-order valence-electron chi connectivity index (χ2n) is 9.15. The van der Waals surface area contributed by atoms with Crippen molar-refractivity contribution >= 4 is 50.6 Å². The van der Waals surface area contributed by atoms with Crippen LogP contribution in [-0.2, 0) is 6.54 Å². The van der Waals surface area contributed by atoms with Crippen molar-refractivity contribution in [1.29, 1.82) is 0 Å². The standard InChI is InChI=1S/C32H23BrClN5O2.CH4/c33-26-20-36-39-30(18-28(38-31(26)39)24-13-4-6-15-27(24)34)35-19-21-9-8-10-22(17-21)37-32(40)25-14-5-7-16-29(25)41-23-11-2-1-3-12-23;/h1-18,20,35H,19H2,(H,37,40);1H4. The molecule has 0 spiro atoms. The molecule has 9 heteroatoms. The summed E-state index contributed by atoms with van der Waals surface area (Å²) in [7, 11) is 0. The molecular weight excluding hydrogens is 614 g/mol. The number of carbonyl (C=O) groups is 1. The van der Waals surface area contributed by atoms with E-state index >= 15 is 0 Å². The lowest BCUT2D eigenvalue weighted by atomic mass is 10.1. The number of aromatic nitrogens is 3. The van der Waals surface area contributed by atoms with Gasteiger partial charge in [-0.2, -0.15) is 9.61 Å². The molecule has 2 heterocycles. The van der Waals surface area contributed by atoms with E-state index in [9.17, 15) is 4.79 Å². The molecule has 210 valence electrons.